The fourth-order valence-corrected chi connectivity index (χ4v) is 6.45. The summed E-state index contributed by atoms with van der Waals surface area (Å²) in [5.74, 6) is 1.01. The van der Waals surface area contributed by atoms with Crippen molar-refractivity contribution < 1.29 is 4.79 Å². The van der Waals surface area contributed by atoms with Crippen LogP contribution >= 0.6 is 23.1 Å². The van der Waals surface area contributed by atoms with Crippen molar-refractivity contribution in [2.75, 3.05) is 5.75 Å². The van der Waals surface area contributed by atoms with Gasteiger partial charge < -0.3 is 4.79 Å². The molecule has 5 rings (SSSR count). The standard InChI is InChI=1S/C27H23NOS2/c29-19-27(23-14-6-4-12-21(23)22-13-5-7-15-24(22)27)16-8-9-17-30-26-28-25(18-31-26)20-10-2-1-3-11-20/h1-7,10-15,18-19H,8-9,16-17H2. The summed E-state index contributed by atoms with van der Waals surface area (Å²) in [5.41, 5.74) is 6.42. The summed E-state index contributed by atoms with van der Waals surface area (Å²) in [4.78, 5) is 17.2. The number of hydrogen-bond donors (Lipinski definition) is 0. The van der Waals surface area contributed by atoms with Crippen LogP contribution in [0.25, 0.3) is 22.4 Å². The number of unbranched alkanes of at least 4 members (excludes halogenated alkanes) is 1. The van der Waals surface area contributed by atoms with Crippen LogP contribution in [0.5, 0.6) is 0 Å². The quantitative estimate of drug-likeness (QED) is 0.164. The van der Waals surface area contributed by atoms with Gasteiger partial charge in [-0.25, -0.2) is 4.98 Å². The maximum Gasteiger partial charge on any atom is 0.150 e. The smallest absolute Gasteiger partial charge is 0.150 e. The van der Waals surface area contributed by atoms with Gasteiger partial charge in [-0.3, -0.25) is 0 Å². The van der Waals surface area contributed by atoms with E-state index in [2.05, 4.69) is 53.9 Å². The predicted octanol–water partition coefficient (Wildman–Crippen LogP) is 7.24. The molecule has 1 aromatic heterocycles. The topological polar surface area (TPSA) is 30.0 Å². The zero-order valence-electron chi connectivity index (χ0n) is 17.2. The molecule has 2 nitrogen and oxygen atoms in total. The Morgan fingerprint density at radius 3 is 2.16 bits per heavy atom. The van der Waals surface area contributed by atoms with Gasteiger partial charge >= 0.3 is 0 Å². The summed E-state index contributed by atoms with van der Waals surface area (Å²) in [5, 5.41) is 2.13. The number of thiazole rings is 1. The van der Waals surface area contributed by atoms with Gasteiger partial charge in [0.15, 0.2) is 4.34 Å². The molecule has 1 aliphatic carbocycles. The lowest BCUT2D eigenvalue weighted by atomic mass is 9.75. The fraction of sp³-hybridized carbons (Fsp3) is 0.185. The van der Waals surface area contributed by atoms with Gasteiger partial charge in [-0.15, -0.1) is 11.3 Å². The van der Waals surface area contributed by atoms with Gasteiger partial charge in [-0.05, 0) is 35.1 Å². The third-order valence-corrected chi connectivity index (χ3v) is 8.16. The van der Waals surface area contributed by atoms with E-state index in [9.17, 15) is 4.79 Å². The summed E-state index contributed by atoms with van der Waals surface area (Å²) in [6.45, 7) is 0. The van der Waals surface area contributed by atoms with E-state index in [1.807, 2.05) is 42.1 Å². The number of carbonyl (C=O) groups excluding carboxylic acids is 1. The zero-order valence-corrected chi connectivity index (χ0v) is 18.8. The van der Waals surface area contributed by atoms with Crippen molar-refractivity contribution in [2.45, 2.75) is 29.0 Å². The Bertz CT molecular complexity index is 1150. The molecule has 0 saturated heterocycles. The number of aldehydes is 1. The Hall–Kier alpha value is -2.69. The maximum atomic E-state index is 12.5. The summed E-state index contributed by atoms with van der Waals surface area (Å²) < 4.78 is 1.11. The molecule has 0 atom stereocenters. The summed E-state index contributed by atoms with van der Waals surface area (Å²) in [6.07, 6.45) is 4.09. The highest BCUT2D eigenvalue weighted by Gasteiger charge is 2.42. The normalized spacial score (nSPS) is 13.5. The molecule has 0 radical (unpaired) electrons. The highest BCUT2D eigenvalue weighted by molar-refractivity contribution is 8.01. The van der Waals surface area contributed by atoms with Crippen LogP contribution in [0.3, 0.4) is 0 Å². The van der Waals surface area contributed by atoms with Crippen molar-refractivity contribution in [1.82, 2.24) is 4.98 Å². The van der Waals surface area contributed by atoms with Crippen LogP contribution in [0.1, 0.15) is 30.4 Å². The van der Waals surface area contributed by atoms with Crippen LogP contribution < -0.4 is 0 Å². The van der Waals surface area contributed by atoms with E-state index in [4.69, 9.17) is 4.98 Å². The molecule has 0 aliphatic heterocycles. The second-order valence-electron chi connectivity index (χ2n) is 7.85. The number of rotatable bonds is 8. The van der Waals surface area contributed by atoms with E-state index >= 15 is 0 Å². The Morgan fingerprint density at radius 2 is 1.48 bits per heavy atom. The summed E-state index contributed by atoms with van der Waals surface area (Å²) in [7, 11) is 0. The molecule has 0 unspecified atom stereocenters. The molecule has 0 N–H and O–H groups in total. The largest absolute Gasteiger partial charge is 0.302 e. The lowest BCUT2D eigenvalue weighted by Crippen LogP contribution is -2.27. The first-order valence-corrected chi connectivity index (χ1v) is 12.5. The second kappa shape index (κ2) is 8.81. The number of benzene rings is 3. The third-order valence-electron chi connectivity index (χ3n) is 6.05. The van der Waals surface area contributed by atoms with Crippen molar-refractivity contribution in [3.8, 4) is 22.4 Å². The highest BCUT2D eigenvalue weighted by atomic mass is 32.2. The van der Waals surface area contributed by atoms with E-state index < -0.39 is 5.41 Å². The van der Waals surface area contributed by atoms with Gasteiger partial charge in [0.05, 0.1) is 11.1 Å². The van der Waals surface area contributed by atoms with Crippen LogP contribution in [0.4, 0.5) is 0 Å². The number of hydrogen-bond acceptors (Lipinski definition) is 4. The molecule has 1 heterocycles. The molecule has 3 aromatic carbocycles. The average molecular weight is 442 g/mol. The minimum absolute atomic E-state index is 0.514. The highest BCUT2D eigenvalue weighted by Crippen LogP contribution is 2.50. The molecule has 0 saturated carbocycles. The molecule has 31 heavy (non-hydrogen) atoms. The van der Waals surface area contributed by atoms with Gasteiger partial charge in [0.25, 0.3) is 0 Å². The molecular weight excluding hydrogens is 418 g/mol. The number of thioether (sulfide) groups is 1. The van der Waals surface area contributed by atoms with Gasteiger partial charge in [0, 0.05) is 16.7 Å². The Labute approximate surface area is 191 Å². The first-order valence-electron chi connectivity index (χ1n) is 10.6. The first-order chi connectivity index (χ1) is 15.3. The molecule has 0 fully saturated rings. The van der Waals surface area contributed by atoms with Crippen molar-refractivity contribution >= 4 is 29.4 Å². The van der Waals surface area contributed by atoms with E-state index in [1.54, 1.807) is 11.3 Å². The number of aromatic nitrogens is 1. The molecule has 154 valence electrons. The SMILES string of the molecule is O=CC1(CCCCSc2nc(-c3ccccc3)cs2)c2ccccc2-c2ccccc21. The van der Waals surface area contributed by atoms with Gasteiger partial charge in [0.2, 0.25) is 0 Å². The average Bonchev–Trinajstić information content (AvgIpc) is 3.41. The van der Waals surface area contributed by atoms with Gasteiger partial charge in [-0.1, -0.05) is 97.0 Å². The maximum absolute atomic E-state index is 12.5. The van der Waals surface area contributed by atoms with Crippen LogP contribution in [0, 0.1) is 0 Å². The molecule has 1 aliphatic rings. The monoisotopic (exact) mass is 441 g/mol. The summed E-state index contributed by atoms with van der Waals surface area (Å²) >= 11 is 3.52. The van der Waals surface area contributed by atoms with E-state index in [1.165, 1.54) is 17.4 Å². The van der Waals surface area contributed by atoms with Crippen LogP contribution in [0.2, 0.25) is 0 Å². The molecule has 0 amide bonds. The minimum atomic E-state index is -0.514. The lowest BCUT2D eigenvalue weighted by molar-refractivity contribution is -0.111. The van der Waals surface area contributed by atoms with Crippen molar-refractivity contribution in [1.29, 1.82) is 0 Å². The molecule has 4 aromatic rings. The number of fused-ring (bicyclic) bond motifs is 3. The Morgan fingerprint density at radius 1 is 0.839 bits per heavy atom. The van der Waals surface area contributed by atoms with Crippen molar-refractivity contribution in [3.63, 3.8) is 0 Å². The van der Waals surface area contributed by atoms with Crippen LogP contribution in [-0.4, -0.2) is 17.0 Å². The van der Waals surface area contributed by atoms with E-state index in [0.29, 0.717) is 0 Å². The number of carbonyl (C=O) groups is 1. The molecular formula is C27H23NOS2. The van der Waals surface area contributed by atoms with E-state index in [-0.39, 0.29) is 0 Å². The molecule has 0 spiro atoms. The van der Waals surface area contributed by atoms with Crippen LogP contribution in [-0.2, 0) is 10.2 Å². The fourth-order valence-electron chi connectivity index (χ4n) is 4.54. The third kappa shape index (κ3) is 3.75. The van der Waals surface area contributed by atoms with Gasteiger partial charge in [-0.2, -0.15) is 0 Å². The molecule has 0 bridgehead atoms. The first kappa shape index (κ1) is 20.2. The van der Waals surface area contributed by atoms with Crippen molar-refractivity contribution in [3.05, 3.63) is 95.4 Å². The summed E-state index contributed by atoms with van der Waals surface area (Å²) in [6, 6.07) is 27.1. The molecule has 4 heteroatoms. The van der Waals surface area contributed by atoms with E-state index in [0.717, 1.165) is 51.7 Å². The second-order valence-corrected chi connectivity index (χ2v) is 10.1. The Balaban J connectivity index is 1.23. The van der Waals surface area contributed by atoms with Gasteiger partial charge in [0.1, 0.15) is 6.29 Å². The number of nitrogens with zero attached hydrogens (tertiary/aromatic N) is 1. The zero-order chi connectivity index (χ0) is 21.1. The minimum Gasteiger partial charge on any atom is -0.302 e. The van der Waals surface area contributed by atoms with Crippen LogP contribution in [0.15, 0.2) is 88.6 Å². The van der Waals surface area contributed by atoms with Crippen molar-refractivity contribution in [2.24, 2.45) is 0 Å². The lowest BCUT2D eigenvalue weighted by Gasteiger charge is -2.25. The Kier molecular flexibility index (Phi) is 5.75. The predicted molar refractivity (Wildman–Crippen MR) is 131 cm³/mol.